The van der Waals surface area contributed by atoms with Crippen LogP contribution in [0.15, 0.2) is 24.3 Å². The van der Waals surface area contributed by atoms with Crippen LogP contribution in [0, 0.1) is 11.3 Å². The van der Waals surface area contributed by atoms with E-state index in [0.29, 0.717) is 5.56 Å². The van der Waals surface area contributed by atoms with E-state index in [9.17, 15) is 4.79 Å². The van der Waals surface area contributed by atoms with Crippen LogP contribution in [0.5, 0.6) is 0 Å². The predicted molar refractivity (Wildman–Crippen MR) is 69.2 cm³/mol. The van der Waals surface area contributed by atoms with Gasteiger partial charge in [-0.05, 0) is 25.0 Å². The van der Waals surface area contributed by atoms with Crippen LogP contribution in [0.4, 0.5) is 0 Å². The van der Waals surface area contributed by atoms with Crippen LogP contribution < -0.4 is 5.32 Å². The zero-order valence-corrected chi connectivity index (χ0v) is 11.0. The summed E-state index contributed by atoms with van der Waals surface area (Å²) in [5, 5.41) is 11.8. The maximum absolute atomic E-state index is 12.2. The molecule has 18 heavy (non-hydrogen) atoms. The average molecular weight is 246 g/mol. The first-order chi connectivity index (χ1) is 8.56. The van der Waals surface area contributed by atoms with E-state index in [1.165, 1.54) is 7.11 Å². The highest BCUT2D eigenvalue weighted by Gasteiger charge is 2.27. The molecule has 1 atom stereocenters. The van der Waals surface area contributed by atoms with Crippen LogP contribution in [0.3, 0.4) is 0 Å². The van der Waals surface area contributed by atoms with Crippen molar-refractivity contribution < 1.29 is 9.53 Å². The monoisotopic (exact) mass is 246 g/mol. The highest BCUT2D eigenvalue weighted by molar-refractivity contribution is 5.96. The second kappa shape index (κ2) is 6.18. The molecule has 1 rings (SSSR count). The third kappa shape index (κ3) is 3.31. The summed E-state index contributed by atoms with van der Waals surface area (Å²) in [5.74, 6) is -0.242. The molecule has 0 spiro atoms. The summed E-state index contributed by atoms with van der Waals surface area (Å²) in [6.45, 7) is 3.79. The quantitative estimate of drug-likeness (QED) is 0.863. The zero-order valence-electron chi connectivity index (χ0n) is 11.0. The Hall–Kier alpha value is -1.86. The molecule has 0 aromatic heterocycles. The van der Waals surface area contributed by atoms with Gasteiger partial charge in [0.05, 0.1) is 12.7 Å². The third-order valence-corrected chi connectivity index (χ3v) is 2.71. The normalized spacial score (nSPS) is 13.4. The maximum atomic E-state index is 12.2. The summed E-state index contributed by atoms with van der Waals surface area (Å²) in [5.41, 5.74) is 0.567. The fourth-order valence-electron chi connectivity index (χ4n) is 1.75. The first-order valence-electron chi connectivity index (χ1n) is 5.87. The number of aryl methyl sites for hydroxylation is 1. The van der Waals surface area contributed by atoms with Gasteiger partial charge in [-0.3, -0.25) is 4.79 Å². The molecule has 0 saturated heterocycles. The van der Waals surface area contributed by atoms with Gasteiger partial charge in [-0.15, -0.1) is 0 Å². The number of carbonyl (C=O) groups excluding carboxylic acids is 1. The maximum Gasteiger partial charge on any atom is 0.252 e. The highest BCUT2D eigenvalue weighted by atomic mass is 16.5. The molecule has 1 aromatic rings. The molecular weight excluding hydrogens is 228 g/mol. The number of amides is 1. The fourth-order valence-corrected chi connectivity index (χ4v) is 1.75. The summed E-state index contributed by atoms with van der Waals surface area (Å²) >= 11 is 0. The van der Waals surface area contributed by atoms with Gasteiger partial charge in [-0.2, -0.15) is 5.26 Å². The number of methoxy groups -OCH3 is 1. The van der Waals surface area contributed by atoms with E-state index in [1.54, 1.807) is 13.0 Å². The fraction of sp³-hybridized carbons (Fsp3) is 0.429. The standard InChI is InChI=1S/C14H18N2O2/c1-4-11-7-5-6-8-12(11)13(17)16-14(2,9-15)10-18-3/h5-8H,4,10H2,1-3H3,(H,16,17). The molecule has 1 unspecified atom stereocenters. The minimum atomic E-state index is -1.01. The lowest BCUT2D eigenvalue weighted by atomic mass is 10.0. The van der Waals surface area contributed by atoms with Gasteiger partial charge in [0.15, 0.2) is 0 Å². The Morgan fingerprint density at radius 2 is 2.17 bits per heavy atom. The van der Waals surface area contributed by atoms with Crippen LogP contribution in [0.25, 0.3) is 0 Å². The first kappa shape index (κ1) is 14.2. The zero-order chi connectivity index (χ0) is 13.6. The van der Waals surface area contributed by atoms with E-state index < -0.39 is 5.54 Å². The molecule has 96 valence electrons. The SMILES string of the molecule is CCc1ccccc1C(=O)NC(C)(C#N)COC. The minimum absolute atomic E-state index is 0.156. The lowest BCUT2D eigenvalue weighted by molar-refractivity contribution is 0.0859. The van der Waals surface area contributed by atoms with Crippen molar-refractivity contribution in [2.24, 2.45) is 0 Å². The van der Waals surface area contributed by atoms with E-state index >= 15 is 0 Å². The molecule has 1 aromatic carbocycles. The van der Waals surface area contributed by atoms with Gasteiger partial charge in [-0.1, -0.05) is 25.1 Å². The smallest absolute Gasteiger partial charge is 0.252 e. The van der Waals surface area contributed by atoms with Gasteiger partial charge in [0, 0.05) is 12.7 Å². The molecule has 0 heterocycles. The van der Waals surface area contributed by atoms with Crippen molar-refractivity contribution in [2.75, 3.05) is 13.7 Å². The Kier molecular flexibility index (Phi) is 4.87. The number of nitrogens with one attached hydrogen (secondary N) is 1. The van der Waals surface area contributed by atoms with E-state index in [4.69, 9.17) is 10.00 Å². The van der Waals surface area contributed by atoms with Gasteiger partial charge in [0.1, 0.15) is 5.54 Å². The number of benzene rings is 1. The summed E-state index contributed by atoms with van der Waals surface area (Å²) < 4.78 is 4.95. The molecule has 1 amide bonds. The van der Waals surface area contributed by atoms with Crippen molar-refractivity contribution in [1.82, 2.24) is 5.32 Å². The summed E-state index contributed by atoms with van der Waals surface area (Å²) in [7, 11) is 1.50. The van der Waals surface area contributed by atoms with Gasteiger partial charge in [0.25, 0.3) is 5.91 Å². The minimum Gasteiger partial charge on any atom is -0.381 e. The number of ether oxygens (including phenoxy) is 1. The van der Waals surface area contributed by atoms with Gasteiger partial charge in [0.2, 0.25) is 0 Å². The second-order valence-electron chi connectivity index (χ2n) is 4.34. The van der Waals surface area contributed by atoms with E-state index in [1.807, 2.05) is 25.1 Å². The Labute approximate surface area is 108 Å². The van der Waals surface area contributed by atoms with Crippen molar-refractivity contribution in [3.8, 4) is 6.07 Å². The van der Waals surface area contributed by atoms with Crippen molar-refractivity contribution >= 4 is 5.91 Å². The molecule has 0 fully saturated rings. The van der Waals surface area contributed by atoms with Crippen LogP contribution in [-0.4, -0.2) is 25.2 Å². The third-order valence-electron chi connectivity index (χ3n) is 2.71. The van der Waals surface area contributed by atoms with E-state index in [2.05, 4.69) is 11.4 Å². The number of nitrogens with zero attached hydrogens (tertiary/aromatic N) is 1. The second-order valence-corrected chi connectivity index (χ2v) is 4.34. The van der Waals surface area contributed by atoms with Crippen molar-refractivity contribution in [3.63, 3.8) is 0 Å². The number of nitriles is 1. The van der Waals surface area contributed by atoms with Crippen LogP contribution >= 0.6 is 0 Å². The highest BCUT2D eigenvalue weighted by Crippen LogP contribution is 2.11. The van der Waals surface area contributed by atoms with Gasteiger partial charge in [-0.25, -0.2) is 0 Å². The summed E-state index contributed by atoms with van der Waals surface area (Å²) in [6.07, 6.45) is 0.775. The largest absolute Gasteiger partial charge is 0.381 e. The van der Waals surface area contributed by atoms with Crippen molar-refractivity contribution in [2.45, 2.75) is 25.8 Å². The molecule has 1 N–H and O–H groups in total. The predicted octanol–water partition coefficient (Wildman–Crippen LogP) is 1.91. The molecule has 0 bridgehead atoms. The Bertz CT molecular complexity index is 465. The van der Waals surface area contributed by atoms with Crippen LogP contribution in [0.2, 0.25) is 0 Å². The number of hydrogen-bond acceptors (Lipinski definition) is 3. The van der Waals surface area contributed by atoms with Gasteiger partial charge < -0.3 is 10.1 Å². The topological polar surface area (TPSA) is 62.1 Å². The van der Waals surface area contributed by atoms with Crippen molar-refractivity contribution in [3.05, 3.63) is 35.4 Å². The Morgan fingerprint density at radius 1 is 1.50 bits per heavy atom. The van der Waals surface area contributed by atoms with Crippen LogP contribution in [0.1, 0.15) is 29.8 Å². The number of carbonyl (C=O) groups is 1. The number of hydrogen-bond donors (Lipinski definition) is 1. The van der Waals surface area contributed by atoms with E-state index in [0.717, 1.165) is 12.0 Å². The van der Waals surface area contributed by atoms with Crippen LogP contribution in [-0.2, 0) is 11.2 Å². The average Bonchev–Trinajstić information content (AvgIpc) is 2.38. The molecule has 0 radical (unpaired) electrons. The molecular formula is C14H18N2O2. The molecule has 0 aliphatic rings. The molecule has 4 nitrogen and oxygen atoms in total. The lowest BCUT2D eigenvalue weighted by Gasteiger charge is -2.22. The van der Waals surface area contributed by atoms with Gasteiger partial charge >= 0.3 is 0 Å². The molecule has 0 aliphatic heterocycles. The van der Waals surface area contributed by atoms with Crippen molar-refractivity contribution in [1.29, 1.82) is 5.26 Å². The number of rotatable bonds is 5. The summed E-state index contributed by atoms with van der Waals surface area (Å²) in [4.78, 5) is 12.2. The summed E-state index contributed by atoms with van der Waals surface area (Å²) in [6, 6.07) is 9.45. The van der Waals surface area contributed by atoms with E-state index in [-0.39, 0.29) is 12.5 Å². The first-order valence-corrected chi connectivity index (χ1v) is 5.87. The molecule has 4 heteroatoms. The molecule has 0 saturated carbocycles. The lowest BCUT2D eigenvalue weighted by Crippen LogP contribution is -2.48. The molecule has 0 aliphatic carbocycles. The Morgan fingerprint density at radius 3 is 2.72 bits per heavy atom. The Balaban J connectivity index is 2.92.